The van der Waals surface area contributed by atoms with Gasteiger partial charge in [0.2, 0.25) is 6.29 Å². The van der Waals surface area contributed by atoms with Crippen LogP contribution in [0.25, 0.3) is 0 Å². The van der Waals surface area contributed by atoms with Crippen molar-refractivity contribution in [2.45, 2.75) is 32.5 Å². The van der Waals surface area contributed by atoms with Crippen molar-refractivity contribution in [3.63, 3.8) is 0 Å². The molecular formula is C8H12O3. The predicted octanol–water partition coefficient (Wildman–Crippen LogP) is 1.25. The van der Waals surface area contributed by atoms with E-state index in [1.54, 1.807) is 6.26 Å². The van der Waals surface area contributed by atoms with Crippen LogP contribution in [0.1, 0.15) is 13.8 Å². The van der Waals surface area contributed by atoms with Gasteiger partial charge in [0.1, 0.15) is 0 Å². The molecule has 0 bridgehead atoms. The third-order valence-electron chi connectivity index (χ3n) is 2.10. The van der Waals surface area contributed by atoms with E-state index in [2.05, 4.69) is 0 Å². The van der Waals surface area contributed by atoms with Crippen LogP contribution in [0.2, 0.25) is 0 Å². The third kappa shape index (κ3) is 1.14. The zero-order valence-corrected chi connectivity index (χ0v) is 6.69. The fraction of sp³-hybridized carbons (Fsp3) is 0.750. The molecule has 4 atom stereocenters. The lowest BCUT2D eigenvalue weighted by molar-refractivity contribution is -0.295. The molecule has 0 spiro atoms. The summed E-state index contributed by atoms with van der Waals surface area (Å²) in [4.78, 5) is 0. The molecule has 3 nitrogen and oxygen atoms in total. The molecule has 0 aliphatic carbocycles. The van der Waals surface area contributed by atoms with Crippen molar-refractivity contribution in [3.05, 3.63) is 12.3 Å². The molecular weight excluding hydrogens is 144 g/mol. The largest absolute Gasteiger partial charge is 0.472 e. The second-order valence-electron chi connectivity index (χ2n) is 2.96. The summed E-state index contributed by atoms with van der Waals surface area (Å²) in [5, 5.41) is 0. The van der Waals surface area contributed by atoms with Gasteiger partial charge in [-0.1, -0.05) is 0 Å². The second-order valence-corrected chi connectivity index (χ2v) is 2.96. The Morgan fingerprint density at radius 2 is 2.00 bits per heavy atom. The Morgan fingerprint density at radius 1 is 1.18 bits per heavy atom. The standard InChI is InChI=1S/C8H12O3/c1-5-7-3-4-9-8(7)11-6(2)10-5/h3-8H,1-2H3/t5-,6-,7-,8+/m0/s1. The highest BCUT2D eigenvalue weighted by atomic mass is 16.8. The number of fused-ring (bicyclic) bond motifs is 1. The summed E-state index contributed by atoms with van der Waals surface area (Å²) in [5.74, 6) is 0.270. The molecule has 0 amide bonds. The van der Waals surface area contributed by atoms with Gasteiger partial charge in [-0.3, -0.25) is 0 Å². The van der Waals surface area contributed by atoms with Crippen LogP contribution in [0.5, 0.6) is 0 Å². The summed E-state index contributed by atoms with van der Waals surface area (Å²) in [6, 6.07) is 0. The highest BCUT2D eigenvalue weighted by Crippen LogP contribution is 2.30. The molecule has 0 aromatic heterocycles. The van der Waals surface area contributed by atoms with Gasteiger partial charge in [0.25, 0.3) is 0 Å². The molecule has 0 unspecified atom stereocenters. The van der Waals surface area contributed by atoms with Gasteiger partial charge in [-0.05, 0) is 19.9 Å². The van der Waals surface area contributed by atoms with Gasteiger partial charge in [0.05, 0.1) is 18.3 Å². The molecule has 0 N–H and O–H groups in total. The highest BCUT2D eigenvalue weighted by Gasteiger charge is 2.37. The van der Waals surface area contributed by atoms with Crippen molar-refractivity contribution >= 4 is 0 Å². The zero-order chi connectivity index (χ0) is 7.84. The molecule has 3 heteroatoms. The molecule has 2 aliphatic heterocycles. The molecule has 11 heavy (non-hydrogen) atoms. The monoisotopic (exact) mass is 156 g/mol. The molecule has 0 aromatic rings. The molecule has 62 valence electrons. The number of rotatable bonds is 0. The van der Waals surface area contributed by atoms with Crippen LogP contribution in [0.4, 0.5) is 0 Å². The Kier molecular flexibility index (Phi) is 1.62. The van der Waals surface area contributed by atoms with Crippen LogP contribution in [-0.2, 0) is 14.2 Å². The first-order valence-electron chi connectivity index (χ1n) is 3.90. The van der Waals surface area contributed by atoms with E-state index in [0.717, 1.165) is 0 Å². The van der Waals surface area contributed by atoms with Gasteiger partial charge in [-0.25, -0.2) is 0 Å². The molecule has 0 aromatic carbocycles. The van der Waals surface area contributed by atoms with Crippen molar-refractivity contribution in [2.75, 3.05) is 0 Å². The maximum atomic E-state index is 5.45. The van der Waals surface area contributed by atoms with Gasteiger partial charge in [-0.2, -0.15) is 0 Å². The van der Waals surface area contributed by atoms with Crippen molar-refractivity contribution in [1.82, 2.24) is 0 Å². The van der Waals surface area contributed by atoms with E-state index >= 15 is 0 Å². The maximum Gasteiger partial charge on any atom is 0.210 e. The quantitative estimate of drug-likeness (QED) is 0.528. The molecule has 0 radical (unpaired) electrons. The summed E-state index contributed by atoms with van der Waals surface area (Å²) in [7, 11) is 0. The number of hydrogen-bond donors (Lipinski definition) is 0. The second kappa shape index (κ2) is 2.50. The normalized spacial score (nSPS) is 48.5. The van der Waals surface area contributed by atoms with Gasteiger partial charge in [0, 0.05) is 0 Å². The van der Waals surface area contributed by atoms with E-state index in [0.29, 0.717) is 0 Å². The third-order valence-corrected chi connectivity index (χ3v) is 2.10. The van der Waals surface area contributed by atoms with Crippen LogP contribution in [0.15, 0.2) is 12.3 Å². The number of hydrogen-bond acceptors (Lipinski definition) is 3. The minimum atomic E-state index is -0.147. The maximum absolute atomic E-state index is 5.45. The van der Waals surface area contributed by atoms with E-state index in [9.17, 15) is 0 Å². The Labute approximate surface area is 65.9 Å². The summed E-state index contributed by atoms with van der Waals surface area (Å²) in [6.45, 7) is 3.92. The summed E-state index contributed by atoms with van der Waals surface area (Å²) in [6.07, 6.45) is 3.61. The van der Waals surface area contributed by atoms with E-state index in [4.69, 9.17) is 14.2 Å². The average Bonchev–Trinajstić information content (AvgIpc) is 2.34. The summed E-state index contributed by atoms with van der Waals surface area (Å²) in [5.41, 5.74) is 0. The van der Waals surface area contributed by atoms with Crippen LogP contribution in [0, 0.1) is 5.92 Å². The van der Waals surface area contributed by atoms with Gasteiger partial charge < -0.3 is 14.2 Å². The lowest BCUT2D eigenvalue weighted by atomic mass is 10.0. The van der Waals surface area contributed by atoms with Crippen molar-refractivity contribution in [1.29, 1.82) is 0 Å². The molecule has 1 saturated heterocycles. The summed E-state index contributed by atoms with van der Waals surface area (Å²) < 4.78 is 16.0. The van der Waals surface area contributed by atoms with Gasteiger partial charge >= 0.3 is 0 Å². The smallest absolute Gasteiger partial charge is 0.210 e. The Balaban J connectivity index is 2.08. The molecule has 0 saturated carbocycles. The van der Waals surface area contributed by atoms with E-state index < -0.39 is 0 Å². The van der Waals surface area contributed by atoms with Crippen LogP contribution < -0.4 is 0 Å². The summed E-state index contributed by atoms with van der Waals surface area (Å²) >= 11 is 0. The minimum absolute atomic E-state index is 0.117. The predicted molar refractivity (Wildman–Crippen MR) is 38.6 cm³/mol. The minimum Gasteiger partial charge on any atom is -0.472 e. The Morgan fingerprint density at radius 3 is 2.82 bits per heavy atom. The molecule has 1 fully saturated rings. The van der Waals surface area contributed by atoms with Crippen molar-refractivity contribution in [3.8, 4) is 0 Å². The lowest BCUT2D eigenvalue weighted by Crippen LogP contribution is -2.41. The van der Waals surface area contributed by atoms with Crippen LogP contribution >= 0.6 is 0 Å². The lowest BCUT2D eigenvalue weighted by Gasteiger charge is -2.34. The Hall–Kier alpha value is -0.540. The van der Waals surface area contributed by atoms with Crippen LogP contribution in [0.3, 0.4) is 0 Å². The molecule has 2 heterocycles. The first-order valence-corrected chi connectivity index (χ1v) is 3.90. The van der Waals surface area contributed by atoms with E-state index in [1.807, 2.05) is 19.9 Å². The highest BCUT2D eigenvalue weighted by molar-refractivity contribution is 4.96. The first-order chi connectivity index (χ1) is 5.27. The van der Waals surface area contributed by atoms with E-state index in [1.165, 1.54) is 0 Å². The fourth-order valence-electron chi connectivity index (χ4n) is 1.51. The SMILES string of the molecule is C[C@@H]1O[C@H]2OC=C[C@H]2[C@H](C)O1. The van der Waals surface area contributed by atoms with E-state index in [-0.39, 0.29) is 24.6 Å². The number of ether oxygens (including phenoxy) is 3. The van der Waals surface area contributed by atoms with Crippen molar-refractivity contribution < 1.29 is 14.2 Å². The fourth-order valence-corrected chi connectivity index (χ4v) is 1.51. The first kappa shape index (κ1) is 7.13. The van der Waals surface area contributed by atoms with Gasteiger partial charge in [0.15, 0.2) is 6.29 Å². The molecule has 2 rings (SSSR count). The van der Waals surface area contributed by atoms with Crippen LogP contribution in [-0.4, -0.2) is 18.7 Å². The Bertz CT molecular complexity index is 178. The zero-order valence-electron chi connectivity index (χ0n) is 6.69. The van der Waals surface area contributed by atoms with Gasteiger partial charge in [-0.15, -0.1) is 0 Å². The average molecular weight is 156 g/mol. The van der Waals surface area contributed by atoms with Crippen molar-refractivity contribution in [2.24, 2.45) is 5.92 Å². The molecule has 2 aliphatic rings. The topological polar surface area (TPSA) is 27.7 Å².